The number of rotatable bonds is 6. The second-order valence-electron chi connectivity index (χ2n) is 5.62. The minimum Gasteiger partial charge on any atom is -0.497 e. The van der Waals surface area contributed by atoms with Crippen LogP contribution in [0.15, 0.2) is 66.7 Å². The van der Waals surface area contributed by atoms with Crippen LogP contribution in [0.1, 0.15) is 5.56 Å². The molecule has 0 aliphatic rings. The van der Waals surface area contributed by atoms with Gasteiger partial charge in [-0.2, -0.15) is 0 Å². The van der Waals surface area contributed by atoms with E-state index < -0.39 is 9.84 Å². The van der Waals surface area contributed by atoms with Crippen LogP contribution in [0.2, 0.25) is 0 Å². The summed E-state index contributed by atoms with van der Waals surface area (Å²) in [5.41, 5.74) is 1.51. The molecule has 1 N–H and O–H groups in total. The summed E-state index contributed by atoms with van der Waals surface area (Å²) in [7, 11) is -1.69. The highest BCUT2D eigenvalue weighted by atomic mass is 32.2. The second-order valence-corrected chi connectivity index (χ2v) is 7.69. The Bertz CT molecular complexity index is 951. The number of methoxy groups -OCH3 is 1. The summed E-state index contributed by atoms with van der Waals surface area (Å²) >= 11 is 0. The molecule has 124 valence electrons. The van der Waals surface area contributed by atoms with Crippen molar-refractivity contribution in [2.45, 2.75) is 5.75 Å². The van der Waals surface area contributed by atoms with Gasteiger partial charge < -0.3 is 10.1 Å². The molecule has 3 aromatic rings. The maximum atomic E-state index is 12.4. The summed E-state index contributed by atoms with van der Waals surface area (Å²) in [6.07, 6.45) is 0. The van der Waals surface area contributed by atoms with Gasteiger partial charge in [0.05, 0.1) is 12.9 Å². The van der Waals surface area contributed by atoms with Gasteiger partial charge in [-0.1, -0.05) is 48.5 Å². The molecule has 0 aromatic heterocycles. The van der Waals surface area contributed by atoms with E-state index in [2.05, 4.69) is 5.32 Å². The molecule has 0 radical (unpaired) electrons. The van der Waals surface area contributed by atoms with Gasteiger partial charge in [0.1, 0.15) is 11.6 Å². The Balaban J connectivity index is 1.70. The largest absolute Gasteiger partial charge is 0.497 e. The molecule has 0 aliphatic heterocycles. The van der Waals surface area contributed by atoms with Crippen LogP contribution in [-0.4, -0.2) is 21.4 Å². The summed E-state index contributed by atoms with van der Waals surface area (Å²) < 4.78 is 29.9. The molecule has 0 atom stereocenters. The highest BCUT2D eigenvalue weighted by Crippen LogP contribution is 2.19. The molecule has 24 heavy (non-hydrogen) atoms. The highest BCUT2D eigenvalue weighted by molar-refractivity contribution is 7.90. The third kappa shape index (κ3) is 4.06. The van der Waals surface area contributed by atoms with E-state index in [0.717, 1.165) is 22.0 Å². The van der Waals surface area contributed by atoms with E-state index in [9.17, 15) is 8.42 Å². The SMILES string of the molecule is COc1cccc(NCS(=O)(=O)Cc2ccc3ccccc3c2)c1. The maximum Gasteiger partial charge on any atom is 0.172 e. The van der Waals surface area contributed by atoms with Gasteiger partial charge in [0.15, 0.2) is 9.84 Å². The molecule has 0 saturated heterocycles. The third-order valence-electron chi connectivity index (χ3n) is 3.77. The summed E-state index contributed by atoms with van der Waals surface area (Å²) in [5.74, 6) is 0.578. The topological polar surface area (TPSA) is 55.4 Å². The molecule has 0 saturated carbocycles. The standard InChI is InChI=1S/C19H19NO3S/c1-23-19-8-4-7-18(12-19)20-14-24(21,22)13-15-9-10-16-5-2-3-6-17(16)11-15/h2-12,20H,13-14H2,1H3. The smallest absolute Gasteiger partial charge is 0.172 e. The van der Waals surface area contributed by atoms with E-state index in [-0.39, 0.29) is 11.6 Å². The maximum absolute atomic E-state index is 12.4. The Labute approximate surface area is 142 Å². The van der Waals surface area contributed by atoms with Crippen molar-refractivity contribution in [2.75, 3.05) is 18.3 Å². The summed E-state index contributed by atoms with van der Waals surface area (Å²) in [5, 5.41) is 5.10. The first-order valence-corrected chi connectivity index (χ1v) is 9.44. The molecule has 3 rings (SSSR count). The molecule has 0 heterocycles. The number of fused-ring (bicyclic) bond motifs is 1. The Morgan fingerprint density at radius 2 is 1.71 bits per heavy atom. The van der Waals surface area contributed by atoms with Gasteiger partial charge in [-0.3, -0.25) is 0 Å². The van der Waals surface area contributed by atoms with Gasteiger partial charge in [-0.15, -0.1) is 0 Å². The fourth-order valence-corrected chi connectivity index (χ4v) is 3.74. The van der Waals surface area contributed by atoms with Crippen LogP contribution in [0.5, 0.6) is 5.75 Å². The number of hydrogen-bond donors (Lipinski definition) is 1. The van der Waals surface area contributed by atoms with E-state index in [1.54, 1.807) is 13.2 Å². The lowest BCUT2D eigenvalue weighted by Gasteiger charge is -2.09. The van der Waals surface area contributed by atoms with Crippen LogP contribution < -0.4 is 10.1 Å². The molecule has 0 aliphatic carbocycles. The zero-order valence-electron chi connectivity index (χ0n) is 13.4. The van der Waals surface area contributed by atoms with Crippen molar-refractivity contribution in [3.8, 4) is 5.75 Å². The molecule has 0 bridgehead atoms. The van der Waals surface area contributed by atoms with Gasteiger partial charge in [0, 0.05) is 11.8 Å². The Morgan fingerprint density at radius 1 is 0.917 bits per heavy atom. The minimum atomic E-state index is -3.27. The number of hydrogen-bond acceptors (Lipinski definition) is 4. The van der Waals surface area contributed by atoms with E-state index in [0.29, 0.717) is 5.75 Å². The van der Waals surface area contributed by atoms with Gasteiger partial charge in [-0.25, -0.2) is 8.42 Å². The Kier molecular flexibility index (Phi) is 4.71. The molecular weight excluding hydrogens is 322 g/mol. The predicted octanol–water partition coefficient (Wildman–Crippen LogP) is 3.83. The van der Waals surface area contributed by atoms with Crippen molar-refractivity contribution < 1.29 is 13.2 Å². The molecule has 5 heteroatoms. The van der Waals surface area contributed by atoms with Crippen LogP contribution >= 0.6 is 0 Å². The van der Waals surface area contributed by atoms with Crippen LogP contribution in [0.4, 0.5) is 5.69 Å². The zero-order chi connectivity index (χ0) is 17.0. The lowest BCUT2D eigenvalue weighted by Crippen LogP contribution is -2.16. The first-order chi connectivity index (χ1) is 11.6. The number of sulfone groups is 1. The first-order valence-electron chi connectivity index (χ1n) is 7.62. The van der Waals surface area contributed by atoms with E-state index in [4.69, 9.17) is 4.74 Å². The number of anilines is 1. The fraction of sp³-hybridized carbons (Fsp3) is 0.158. The predicted molar refractivity (Wildman–Crippen MR) is 98.1 cm³/mol. The van der Waals surface area contributed by atoms with Crippen molar-refractivity contribution in [3.63, 3.8) is 0 Å². The Hall–Kier alpha value is -2.53. The minimum absolute atomic E-state index is 0.00873. The van der Waals surface area contributed by atoms with Gasteiger partial charge >= 0.3 is 0 Å². The molecular formula is C19H19NO3S. The van der Waals surface area contributed by atoms with Crippen molar-refractivity contribution in [1.82, 2.24) is 0 Å². The van der Waals surface area contributed by atoms with Crippen LogP contribution in [0, 0.1) is 0 Å². The van der Waals surface area contributed by atoms with Crippen LogP contribution in [0.3, 0.4) is 0 Å². The van der Waals surface area contributed by atoms with Gasteiger partial charge in [0.2, 0.25) is 0 Å². The second kappa shape index (κ2) is 6.93. The zero-order valence-corrected chi connectivity index (χ0v) is 14.2. The fourth-order valence-electron chi connectivity index (χ4n) is 2.56. The van der Waals surface area contributed by atoms with Crippen molar-refractivity contribution >= 4 is 26.3 Å². The lowest BCUT2D eigenvalue weighted by atomic mass is 10.1. The molecule has 0 amide bonds. The summed E-state index contributed by atoms with van der Waals surface area (Å²) in [6, 6.07) is 20.9. The van der Waals surface area contributed by atoms with Gasteiger partial charge in [0.25, 0.3) is 0 Å². The average Bonchev–Trinajstić information content (AvgIpc) is 2.60. The normalized spacial score (nSPS) is 11.4. The molecule has 4 nitrogen and oxygen atoms in total. The summed E-state index contributed by atoms with van der Waals surface area (Å²) in [6.45, 7) is 0. The highest BCUT2D eigenvalue weighted by Gasteiger charge is 2.12. The quantitative estimate of drug-likeness (QED) is 0.740. The lowest BCUT2D eigenvalue weighted by molar-refractivity contribution is 0.415. The number of ether oxygens (including phenoxy) is 1. The Morgan fingerprint density at radius 3 is 2.50 bits per heavy atom. The number of benzene rings is 3. The number of nitrogens with one attached hydrogen (secondary N) is 1. The van der Waals surface area contributed by atoms with Crippen LogP contribution in [-0.2, 0) is 15.6 Å². The summed E-state index contributed by atoms with van der Waals surface area (Å²) in [4.78, 5) is 0. The first kappa shape index (κ1) is 16.3. The van der Waals surface area contributed by atoms with Gasteiger partial charge in [-0.05, 0) is 28.5 Å². The molecule has 3 aromatic carbocycles. The molecule has 0 spiro atoms. The third-order valence-corrected chi connectivity index (χ3v) is 5.12. The molecule has 0 unspecified atom stereocenters. The van der Waals surface area contributed by atoms with Crippen LogP contribution in [0.25, 0.3) is 10.8 Å². The van der Waals surface area contributed by atoms with E-state index in [1.165, 1.54) is 0 Å². The van der Waals surface area contributed by atoms with Crippen molar-refractivity contribution in [1.29, 1.82) is 0 Å². The van der Waals surface area contributed by atoms with E-state index in [1.807, 2.05) is 60.7 Å². The van der Waals surface area contributed by atoms with E-state index >= 15 is 0 Å². The molecule has 0 fully saturated rings. The monoisotopic (exact) mass is 341 g/mol. The van der Waals surface area contributed by atoms with Crippen molar-refractivity contribution in [2.24, 2.45) is 0 Å². The average molecular weight is 341 g/mol. The van der Waals surface area contributed by atoms with Crippen molar-refractivity contribution in [3.05, 3.63) is 72.3 Å².